The van der Waals surface area contributed by atoms with Crippen LogP contribution in [0.3, 0.4) is 0 Å². The zero-order valence-electron chi connectivity index (χ0n) is 12.8. The topological polar surface area (TPSA) is 66.5 Å². The van der Waals surface area contributed by atoms with Gasteiger partial charge in [0.25, 0.3) is 5.91 Å². The molecule has 0 saturated carbocycles. The number of rotatable bonds is 4. The average molecular weight is 350 g/mol. The molecule has 0 radical (unpaired) electrons. The molecule has 23 heavy (non-hydrogen) atoms. The quantitative estimate of drug-likeness (QED) is 0.921. The minimum absolute atomic E-state index is 0.0158. The average Bonchev–Trinajstić information content (AvgIpc) is 3.08. The molecule has 2 heterocycles. The first-order valence-corrected chi connectivity index (χ1v) is 10.0. The van der Waals surface area contributed by atoms with Crippen LogP contribution in [0.15, 0.2) is 35.7 Å². The molecule has 0 fully saturated rings. The number of benzene rings is 1. The molecule has 0 atom stereocenters. The Balaban J connectivity index is 1.95. The van der Waals surface area contributed by atoms with E-state index in [0.717, 1.165) is 24.1 Å². The number of carbonyl (C=O) groups excluding carboxylic acids is 1. The second kappa shape index (κ2) is 6.33. The molecule has 0 spiro atoms. The van der Waals surface area contributed by atoms with Gasteiger partial charge in [0, 0.05) is 12.2 Å². The van der Waals surface area contributed by atoms with E-state index in [1.54, 1.807) is 24.0 Å². The smallest absolute Gasteiger partial charge is 0.268 e. The molecule has 0 unspecified atom stereocenters. The molecule has 1 aromatic heterocycles. The summed E-state index contributed by atoms with van der Waals surface area (Å²) in [6, 6.07) is 9.08. The molecule has 0 saturated heterocycles. The summed E-state index contributed by atoms with van der Waals surface area (Å²) in [4.78, 5) is 15.1. The normalized spacial score (nSPS) is 14.4. The first-order valence-electron chi connectivity index (χ1n) is 7.49. The van der Waals surface area contributed by atoms with Gasteiger partial charge in [0.1, 0.15) is 0 Å². The second-order valence-electron chi connectivity index (χ2n) is 5.39. The number of hydrogen-bond acceptors (Lipinski definition) is 4. The number of thiophene rings is 1. The van der Waals surface area contributed by atoms with Crippen molar-refractivity contribution in [3.63, 3.8) is 0 Å². The molecule has 5 nitrogen and oxygen atoms in total. The van der Waals surface area contributed by atoms with E-state index >= 15 is 0 Å². The summed E-state index contributed by atoms with van der Waals surface area (Å²) >= 11 is 1.41. The molecule has 1 aliphatic heterocycles. The summed E-state index contributed by atoms with van der Waals surface area (Å²) in [6.07, 6.45) is 1.80. The summed E-state index contributed by atoms with van der Waals surface area (Å²) in [6.45, 7) is 2.24. The standard InChI is InChI=1S/C16H18N2O3S2/c1-2-23(20,21)17-13-8-7-12-5-3-9-18(14(12)11-13)16(19)15-6-4-10-22-15/h4,6-8,10-11,17H,2-3,5,9H2,1H3. The number of amides is 1. The van der Waals surface area contributed by atoms with E-state index in [-0.39, 0.29) is 11.7 Å². The Labute approximate surface area is 140 Å². The van der Waals surface area contributed by atoms with Crippen molar-refractivity contribution in [3.05, 3.63) is 46.2 Å². The Morgan fingerprint density at radius 2 is 2.17 bits per heavy atom. The van der Waals surface area contributed by atoms with E-state index in [2.05, 4.69) is 4.72 Å². The molecule has 1 aromatic carbocycles. The van der Waals surface area contributed by atoms with Crippen molar-refractivity contribution < 1.29 is 13.2 Å². The molecule has 122 valence electrons. The van der Waals surface area contributed by atoms with Crippen LogP contribution in [0, 0.1) is 0 Å². The maximum absolute atomic E-state index is 12.7. The van der Waals surface area contributed by atoms with E-state index in [1.165, 1.54) is 11.3 Å². The Hall–Kier alpha value is -1.86. The third-order valence-corrected chi connectivity index (χ3v) is 6.00. The van der Waals surface area contributed by atoms with Crippen molar-refractivity contribution in [1.29, 1.82) is 0 Å². The van der Waals surface area contributed by atoms with Gasteiger partial charge in [0.15, 0.2) is 0 Å². The molecular weight excluding hydrogens is 332 g/mol. The zero-order chi connectivity index (χ0) is 16.4. The molecule has 3 rings (SSSR count). The van der Waals surface area contributed by atoms with Gasteiger partial charge in [-0.15, -0.1) is 11.3 Å². The fraction of sp³-hybridized carbons (Fsp3) is 0.312. The van der Waals surface area contributed by atoms with Crippen LogP contribution in [0.4, 0.5) is 11.4 Å². The Morgan fingerprint density at radius 1 is 1.35 bits per heavy atom. The summed E-state index contributed by atoms with van der Waals surface area (Å²) in [5.74, 6) is -0.0153. The summed E-state index contributed by atoms with van der Waals surface area (Å²) in [5, 5.41) is 1.88. The lowest BCUT2D eigenvalue weighted by Crippen LogP contribution is -2.35. The fourth-order valence-corrected chi connectivity index (χ4v) is 3.94. The van der Waals surface area contributed by atoms with Crippen LogP contribution < -0.4 is 9.62 Å². The number of nitrogens with zero attached hydrogens (tertiary/aromatic N) is 1. The number of aryl methyl sites for hydroxylation is 1. The van der Waals surface area contributed by atoms with E-state index in [0.29, 0.717) is 17.1 Å². The highest BCUT2D eigenvalue weighted by atomic mass is 32.2. The molecular formula is C16H18N2O3S2. The van der Waals surface area contributed by atoms with Crippen LogP contribution in [0.2, 0.25) is 0 Å². The first kappa shape index (κ1) is 16.0. The van der Waals surface area contributed by atoms with Gasteiger partial charge in [-0.25, -0.2) is 8.42 Å². The summed E-state index contributed by atoms with van der Waals surface area (Å²) < 4.78 is 26.0. The lowest BCUT2D eigenvalue weighted by Gasteiger charge is -2.29. The van der Waals surface area contributed by atoms with E-state index < -0.39 is 10.0 Å². The van der Waals surface area contributed by atoms with E-state index in [1.807, 2.05) is 23.6 Å². The molecule has 1 N–H and O–H groups in total. The van der Waals surface area contributed by atoms with E-state index in [4.69, 9.17) is 0 Å². The van der Waals surface area contributed by atoms with Gasteiger partial charge < -0.3 is 4.90 Å². The van der Waals surface area contributed by atoms with Gasteiger partial charge in [-0.1, -0.05) is 12.1 Å². The predicted molar refractivity (Wildman–Crippen MR) is 93.8 cm³/mol. The maximum atomic E-state index is 12.7. The largest absolute Gasteiger partial charge is 0.307 e. The monoisotopic (exact) mass is 350 g/mol. The van der Waals surface area contributed by atoms with Gasteiger partial charge in [-0.2, -0.15) is 0 Å². The van der Waals surface area contributed by atoms with Gasteiger partial charge in [0.05, 0.1) is 16.3 Å². The number of hydrogen-bond donors (Lipinski definition) is 1. The molecule has 0 bridgehead atoms. The number of fused-ring (bicyclic) bond motifs is 1. The summed E-state index contributed by atoms with van der Waals surface area (Å²) in [7, 11) is -3.33. The molecule has 7 heteroatoms. The number of nitrogens with one attached hydrogen (secondary N) is 1. The molecule has 0 aliphatic carbocycles. The number of anilines is 2. The van der Waals surface area contributed by atoms with Gasteiger partial charge in [-0.3, -0.25) is 9.52 Å². The number of sulfonamides is 1. The van der Waals surface area contributed by atoms with Crippen molar-refractivity contribution >= 4 is 38.6 Å². The first-order chi connectivity index (χ1) is 11.0. The third kappa shape index (κ3) is 3.40. The lowest BCUT2D eigenvalue weighted by molar-refractivity contribution is 0.0989. The predicted octanol–water partition coefficient (Wildman–Crippen LogP) is 3.10. The fourth-order valence-electron chi connectivity index (χ4n) is 2.63. The van der Waals surface area contributed by atoms with Crippen LogP contribution in [0.1, 0.15) is 28.6 Å². The molecule has 1 aliphatic rings. The third-order valence-electron chi connectivity index (χ3n) is 3.83. The van der Waals surface area contributed by atoms with Crippen LogP contribution in [-0.2, 0) is 16.4 Å². The van der Waals surface area contributed by atoms with Crippen molar-refractivity contribution in [2.75, 3.05) is 21.9 Å². The highest BCUT2D eigenvalue weighted by Crippen LogP contribution is 2.32. The van der Waals surface area contributed by atoms with Crippen LogP contribution >= 0.6 is 11.3 Å². The maximum Gasteiger partial charge on any atom is 0.268 e. The van der Waals surface area contributed by atoms with Crippen molar-refractivity contribution in [3.8, 4) is 0 Å². The molecule has 1 amide bonds. The van der Waals surface area contributed by atoms with Gasteiger partial charge in [-0.05, 0) is 48.9 Å². The highest BCUT2D eigenvalue weighted by Gasteiger charge is 2.24. The lowest BCUT2D eigenvalue weighted by atomic mass is 10.0. The minimum Gasteiger partial charge on any atom is -0.307 e. The SMILES string of the molecule is CCS(=O)(=O)Nc1ccc2c(c1)N(C(=O)c1cccs1)CCC2. The van der Waals surface area contributed by atoms with Crippen molar-refractivity contribution in [1.82, 2.24) is 0 Å². The Bertz CT molecular complexity index is 814. The minimum atomic E-state index is -3.33. The Kier molecular flexibility index (Phi) is 4.41. The van der Waals surface area contributed by atoms with Crippen LogP contribution in [-0.4, -0.2) is 26.6 Å². The second-order valence-corrected chi connectivity index (χ2v) is 8.35. The molecule has 2 aromatic rings. The Morgan fingerprint density at radius 3 is 2.87 bits per heavy atom. The van der Waals surface area contributed by atoms with Gasteiger partial charge >= 0.3 is 0 Å². The number of carbonyl (C=O) groups is 1. The van der Waals surface area contributed by atoms with Crippen molar-refractivity contribution in [2.45, 2.75) is 19.8 Å². The zero-order valence-corrected chi connectivity index (χ0v) is 14.4. The van der Waals surface area contributed by atoms with Crippen LogP contribution in [0.25, 0.3) is 0 Å². The van der Waals surface area contributed by atoms with Crippen LogP contribution in [0.5, 0.6) is 0 Å². The van der Waals surface area contributed by atoms with Gasteiger partial charge in [0.2, 0.25) is 10.0 Å². The summed E-state index contributed by atoms with van der Waals surface area (Å²) in [5.41, 5.74) is 2.36. The highest BCUT2D eigenvalue weighted by molar-refractivity contribution is 7.92. The van der Waals surface area contributed by atoms with E-state index in [9.17, 15) is 13.2 Å². The van der Waals surface area contributed by atoms with Crippen molar-refractivity contribution in [2.24, 2.45) is 0 Å².